The number of halogens is 2. The molecule has 0 amide bonds. The lowest BCUT2D eigenvalue weighted by molar-refractivity contribution is 0.484. The van der Waals surface area contributed by atoms with Crippen LogP contribution in [0.1, 0.15) is 16.7 Å². The topological polar surface area (TPSA) is 67.8 Å². The van der Waals surface area contributed by atoms with Gasteiger partial charge in [0.1, 0.15) is 28.8 Å². The summed E-state index contributed by atoms with van der Waals surface area (Å²) in [4.78, 5) is 7.61. The van der Waals surface area contributed by atoms with Crippen LogP contribution in [0, 0.1) is 18.6 Å². The number of aryl methyl sites for hydroxylation is 1. The third kappa shape index (κ3) is 4.50. The first-order chi connectivity index (χ1) is 16.9. The Morgan fingerprint density at radius 2 is 1.91 bits per heavy atom. The summed E-state index contributed by atoms with van der Waals surface area (Å²) < 4.78 is 35.1. The number of aromatic nitrogens is 4. The lowest BCUT2D eigenvalue weighted by Gasteiger charge is -2.16. The van der Waals surface area contributed by atoms with Crippen molar-refractivity contribution >= 4 is 16.7 Å². The molecular formula is C27H23F2N5O. The van der Waals surface area contributed by atoms with E-state index in [-0.39, 0.29) is 6.54 Å². The largest absolute Gasteiger partial charge is 0.456 e. The molecule has 5 rings (SSSR count). The van der Waals surface area contributed by atoms with Gasteiger partial charge < -0.3 is 15.0 Å². The molecule has 0 aliphatic rings. The quantitative estimate of drug-likeness (QED) is 0.301. The van der Waals surface area contributed by atoms with Crippen molar-refractivity contribution in [3.05, 3.63) is 102 Å². The first-order valence-electron chi connectivity index (χ1n) is 11.0. The van der Waals surface area contributed by atoms with Crippen LogP contribution in [0.15, 0.2) is 73.7 Å². The molecule has 0 saturated carbocycles. The van der Waals surface area contributed by atoms with Gasteiger partial charge >= 0.3 is 0 Å². The molecule has 5 aromatic rings. The molecule has 6 nitrogen and oxygen atoms in total. The summed E-state index contributed by atoms with van der Waals surface area (Å²) in [5.74, 6) is 0.0730. The fourth-order valence-electron chi connectivity index (χ4n) is 4.06. The highest BCUT2D eigenvalue weighted by atomic mass is 19.1. The molecule has 2 aromatic carbocycles. The van der Waals surface area contributed by atoms with Crippen LogP contribution in [-0.4, -0.2) is 19.7 Å². The Balaban J connectivity index is 1.42. The first-order valence-corrected chi connectivity index (χ1v) is 11.0. The van der Waals surface area contributed by atoms with Gasteiger partial charge in [0.2, 0.25) is 0 Å². The Labute approximate surface area is 200 Å². The van der Waals surface area contributed by atoms with E-state index in [1.807, 2.05) is 56.7 Å². The highest BCUT2D eigenvalue weighted by molar-refractivity contribution is 5.97. The summed E-state index contributed by atoms with van der Waals surface area (Å²) in [6.45, 7) is 6.29. The van der Waals surface area contributed by atoms with E-state index in [4.69, 9.17) is 4.74 Å². The minimum atomic E-state index is -0.613. The average molecular weight is 472 g/mol. The number of fused-ring (bicyclic) bond motifs is 1. The number of H-pyrrole nitrogens is 1. The molecule has 0 bridgehead atoms. The van der Waals surface area contributed by atoms with Crippen molar-refractivity contribution in [3.63, 3.8) is 0 Å². The minimum Gasteiger partial charge on any atom is -0.456 e. The van der Waals surface area contributed by atoms with E-state index in [0.29, 0.717) is 28.4 Å². The maximum absolute atomic E-state index is 13.5. The number of nitrogens with zero attached hydrogens (tertiary/aromatic N) is 3. The molecule has 35 heavy (non-hydrogen) atoms. The first kappa shape index (κ1) is 22.3. The third-order valence-electron chi connectivity index (χ3n) is 5.78. The molecule has 2 N–H and O–H groups in total. The van der Waals surface area contributed by atoms with Crippen molar-refractivity contribution in [2.24, 2.45) is 7.05 Å². The maximum Gasteiger partial charge on any atom is 0.141 e. The molecule has 0 aliphatic heterocycles. The highest BCUT2D eigenvalue weighted by Crippen LogP contribution is 2.37. The smallest absolute Gasteiger partial charge is 0.141 e. The van der Waals surface area contributed by atoms with Gasteiger partial charge in [-0.25, -0.2) is 13.8 Å². The summed E-state index contributed by atoms with van der Waals surface area (Å²) in [5.41, 5.74) is 5.22. The van der Waals surface area contributed by atoms with Crippen molar-refractivity contribution < 1.29 is 13.5 Å². The molecule has 0 aliphatic carbocycles. The zero-order chi connectivity index (χ0) is 24.5. The molecule has 3 heterocycles. The average Bonchev–Trinajstić information content (AvgIpc) is 3.45. The molecular weight excluding hydrogens is 448 g/mol. The predicted octanol–water partition coefficient (Wildman–Crippen LogP) is 6.10. The molecule has 0 radical (unpaired) electrons. The van der Waals surface area contributed by atoms with Gasteiger partial charge in [-0.3, -0.25) is 4.68 Å². The van der Waals surface area contributed by atoms with Gasteiger partial charge in [-0.15, -0.1) is 0 Å². The van der Waals surface area contributed by atoms with Gasteiger partial charge in [-0.2, -0.15) is 5.10 Å². The fourth-order valence-corrected chi connectivity index (χ4v) is 4.06. The van der Waals surface area contributed by atoms with E-state index in [2.05, 4.69) is 27.0 Å². The van der Waals surface area contributed by atoms with Gasteiger partial charge in [-0.1, -0.05) is 18.7 Å². The van der Waals surface area contributed by atoms with Crippen molar-refractivity contribution in [2.75, 3.05) is 0 Å². The van der Waals surface area contributed by atoms with E-state index in [0.717, 1.165) is 33.8 Å². The van der Waals surface area contributed by atoms with Crippen LogP contribution < -0.4 is 10.1 Å². The van der Waals surface area contributed by atoms with Crippen LogP contribution in [0.4, 0.5) is 8.78 Å². The Bertz CT molecular complexity index is 1530. The van der Waals surface area contributed by atoms with E-state index in [9.17, 15) is 8.78 Å². The minimum absolute atomic E-state index is 0.236. The van der Waals surface area contributed by atoms with Crippen LogP contribution in [0.5, 0.6) is 11.5 Å². The Hall–Kier alpha value is -4.46. The highest BCUT2D eigenvalue weighted by Gasteiger charge is 2.16. The standard InChI is InChI=1S/C27H23F2N5O/c1-16-21(17(2)31-14-18-11-19(28)13-20(29)12-18)5-4-6-24(16)35-25-7-9-30-27-26(25)22(15-32-27)23-8-10-34(3)33-23/h4-13,15,31H,2,14H2,1,3H3,(H,30,32). The number of benzene rings is 2. The van der Waals surface area contributed by atoms with Crippen LogP contribution in [0.2, 0.25) is 0 Å². The predicted molar refractivity (Wildman–Crippen MR) is 132 cm³/mol. The SMILES string of the molecule is C=C(NCc1cc(F)cc(F)c1)c1cccc(Oc2ccnc3[nH]cc(-c4ccn(C)n4)c23)c1C. The molecule has 3 aromatic heterocycles. The summed E-state index contributed by atoms with van der Waals surface area (Å²) in [5, 5.41) is 8.49. The second kappa shape index (κ2) is 9.06. The molecule has 176 valence electrons. The van der Waals surface area contributed by atoms with Gasteiger partial charge in [0.05, 0.1) is 11.1 Å². The van der Waals surface area contributed by atoms with Crippen LogP contribution in [-0.2, 0) is 13.6 Å². The Kier molecular flexibility index (Phi) is 5.78. The summed E-state index contributed by atoms with van der Waals surface area (Å²) >= 11 is 0. The van der Waals surface area contributed by atoms with Crippen LogP contribution in [0.25, 0.3) is 28.0 Å². The second-order valence-corrected chi connectivity index (χ2v) is 8.25. The van der Waals surface area contributed by atoms with Gasteiger partial charge in [0.25, 0.3) is 0 Å². The van der Waals surface area contributed by atoms with E-state index >= 15 is 0 Å². The van der Waals surface area contributed by atoms with Gasteiger partial charge in [0, 0.05) is 60.6 Å². The zero-order valence-electron chi connectivity index (χ0n) is 19.3. The lowest BCUT2D eigenvalue weighted by atomic mass is 10.0. The van der Waals surface area contributed by atoms with Crippen LogP contribution in [0.3, 0.4) is 0 Å². The number of aromatic amines is 1. The molecule has 8 heteroatoms. The second-order valence-electron chi connectivity index (χ2n) is 8.25. The number of nitrogens with one attached hydrogen (secondary N) is 2. The number of pyridine rings is 1. The van der Waals surface area contributed by atoms with E-state index in [1.165, 1.54) is 12.1 Å². The Morgan fingerprint density at radius 3 is 2.66 bits per heavy atom. The van der Waals surface area contributed by atoms with Crippen molar-refractivity contribution in [1.82, 2.24) is 25.1 Å². The normalized spacial score (nSPS) is 11.1. The van der Waals surface area contributed by atoms with Crippen molar-refractivity contribution in [2.45, 2.75) is 13.5 Å². The van der Waals surface area contributed by atoms with Crippen molar-refractivity contribution in [1.29, 1.82) is 0 Å². The zero-order valence-corrected chi connectivity index (χ0v) is 19.3. The molecule has 0 saturated heterocycles. The van der Waals surface area contributed by atoms with Gasteiger partial charge in [0.15, 0.2) is 0 Å². The van der Waals surface area contributed by atoms with Gasteiger partial charge in [-0.05, 0) is 42.8 Å². The Morgan fingerprint density at radius 1 is 1.11 bits per heavy atom. The van der Waals surface area contributed by atoms with Crippen LogP contribution >= 0.6 is 0 Å². The van der Waals surface area contributed by atoms with E-state index in [1.54, 1.807) is 10.9 Å². The summed E-state index contributed by atoms with van der Waals surface area (Å²) in [6, 6.07) is 12.9. The van der Waals surface area contributed by atoms with E-state index < -0.39 is 11.6 Å². The molecule has 0 fully saturated rings. The fraction of sp³-hybridized carbons (Fsp3) is 0.111. The summed E-state index contributed by atoms with van der Waals surface area (Å²) in [6.07, 6.45) is 5.45. The summed E-state index contributed by atoms with van der Waals surface area (Å²) in [7, 11) is 1.87. The number of hydrogen-bond donors (Lipinski definition) is 2. The molecule has 0 spiro atoms. The molecule has 0 unspecified atom stereocenters. The maximum atomic E-state index is 13.5. The number of ether oxygens (including phenoxy) is 1. The van der Waals surface area contributed by atoms with Crippen molar-refractivity contribution in [3.8, 4) is 22.8 Å². The third-order valence-corrected chi connectivity index (χ3v) is 5.78. The lowest BCUT2D eigenvalue weighted by Crippen LogP contribution is -2.12. The number of rotatable bonds is 7. The number of hydrogen-bond acceptors (Lipinski definition) is 4. The molecule has 0 atom stereocenters. The monoisotopic (exact) mass is 471 g/mol.